The minimum absolute atomic E-state index is 0.0169. The maximum Gasteiger partial charge on any atom is 0.293 e. The van der Waals surface area contributed by atoms with Crippen LogP contribution < -0.4 is 4.90 Å². The lowest BCUT2D eigenvalue weighted by Crippen LogP contribution is -2.35. The second-order valence-corrected chi connectivity index (χ2v) is 6.10. The van der Waals surface area contributed by atoms with Gasteiger partial charge in [-0.1, -0.05) is 0 Å². The van der Waals surface area contributed by atoms with Crippen LogP contribution in [-0.2, 0) is 7.05 Å². The summed E-state index contributed by atoms with van der Waals surface area (Å²) in [4.78, 5) is 24.8. The van der Waals surface area contributed by atoms with Crippen LogP contribution in [-0.4, -0.2) is 27.0 Å². The zero-order valence-electron chi connectivity index (χ0n) is 13.8. The summed E-state index contributed by atoms with van der Waals surface area (Å²) in [6.45, 7) is 2.16. The van der Waals surface area contributed by atoms with E-state index in [2.05, 4.69) is 10.00 Å². The lowest BCUT2D eigenvalue weighted by molar-refractivity contribution is -0.384. The van der Waals surface area contributed by atoms with E-state index in [1.54, 1.807) is 18.3 Å². The molecule has 2 aromatic rings. The second-order valence-electron chi connectivity index (χ2n) is 6.10. The average molecular weight is 328 g/mol. The van der Waals surface area contributed by atoms with Gasteiger partial charge in [0.1, 0.15) is 5.69 Å². The highest BCUT2D eigenvalue weighted by Crippen LogP contribution is 2.39. The zero-order chi connectivity index (χ0) is 17.3. The van der Waals surface area contributed by atoms with Crippen LogP contribution in [0.5, 0.6) is 0 Å². The number of anilines is 1. The topological polar surface area (TPSA) is 81.3 Å². The maximum atomic E-state index is 11.6. The van der Waals surface area contributed by atoms with Crippen LogP contribution in [0.2, 0.25) is 0 Å². The van der Waals surface area contributed by atoms with E-state index in [9.17, 15) is 14.9 Å². The molecule has 1 atom stereocenters. The van der Waals surface area contributed by atoms with Gasteiger partial charge in [0.15, 0.2) is 5.78 Å². The van der Waals surface area contributed by atoms with Crippen LogP contribution >= 0.6 is 0 Å². The van der Waals surface area contributed by atoms with Crippen LogP contribution in [0.1, 0.15) is 48.3 Å². The summed E-state index contributed by atoms with van der Waals surface area (Å²) >= 11 is 0. The number of hydrogen-bond acceptors (Lipinski definition) is 5. The van der Waals surface area contributed by atoms with Crippen LogP contribution in [0, 0.1) is 10.1 Å². The Morgan fingerprint density at radius 3 is 2.75 bits per heavy atom. The molecule has 2 heterocycles. The molecule has 0 saturated carbocycles. The molecule has 0 unspecified atom stereocenters. The Morgan fingerprint density at radius 1 is 1.33 bits per heavy atom. The number of nitro benzene ring substituents is 1. The molecule has 1 aromatic heterocycles. The predicted molar refractivity (Wildman–Crippen MR) is 90.2 cm³/mol. The second kappa shape index (κ2) is 6.43. The summed E-state index contributed by atoms with van der Waals surface area (Å²) in [5, 5.41) is 15.8. The van der Waals surface area contributed by atoms with Crippen molar-refractivity contribution in [1.82, 2.24) is 9.78 Å². The highest BCUT2D eigenvalue weighted by molar-refractivity contribution is 5.95. The summed E-state index contributed by atoms with van der Waals surface area (Å²) in [6, 6.07) is 6.75. The minimum atomic E-state index is -0.406. The molecular formula is C17H20N4O3. The summed E-state index contributed by atoms with van der Waals surface area (Å²) in [5.74, 6) is -0.175. The van der Waals surface area contributed by atoms with Gasteiger partial charge in [0.25, 0.3) is 5.69 Å². The van der Waals surface area contributed by atoms with E-state index in [0.29, 0.717) is 11.3 Å². The van der Waals surface area contributed by atoms with Gasteiger partial charge in [0.2, 0.25) is 0 Å². The van der Waals surface area contributed by atoms with Crippen LogP contribution in [0.3, 0.4) is 0 Å². The quantitative estimate of drug-likeness (QED) is 0.489. The summed E-state index contributed by atoms with van der Waals surface area (Å²) in [6.07, 6.45) is 4.73. The first-order valence-electron chi connectivity index (χ1n) is 8.03. The normalized spacial score (nSPS) is 17.8. The van der Waals surface area contributed by atoms with Gasteiger partial charge in [0.05, 0.1) is 16.7 Å². The number of aryl methyl sites for hydroxylation is 1. The van der Waals surface area contributed by atoms with E-state index in [0.717, 1.165) is 31.5 Å². The molecular weight excluding hydrogens is 308 g/mol. The maximum absolute atomic E-state index is 11.6. The van der Waals surface area contributed by atoms with Crippen molar-refractivity contribution in [2.24, 2.45) is 7.05 Å². The number of carbonyl (C=O) groups is 1. The minimum Gasteiger partial charge on any atom is -0.357 e. The van der Waals surface area contributed by atoms with Crippen molar-refractivity contribution in [3.05, 3.63) is 51.8 Å². The monoisotopic (exact) mass is 328 g/mol. The summed E-state index contributed by atoms with van der Waals surface area (Å²) < 4.78 is 1.82. The Hall–Kier alpha value is -2.70. The van der Waals surface area contributed by atoms with E-state index in [1.807, 2.05) is 17.8 Å². The molecule has 0 radical (unpaired) electrons. The van der Waals surface area contributed by atoms with Gasteiger partial charge in [-0.2, -0.15) is 5.10 Å². The van der Waals surface area contributed by atoms with Crippen LogP contribution in [0.25, 0.3) is 0 Å². The average Bonchev–Trinajstić information content (AvgIpc) is 3.00. The Kier molecular flexibility index (Phi) is 4.33. The molecule has 0 bridgehead atoms. The molecule has 1 aliphatic rings. The molecule has 0 amide bonds. The Labute approximate surface area is 140 Å². The van der Waals surface area contributed by atoms with E-state index in [-0.39, 0.29) is 17.5 Å². The van der Waals surface area contributed by atoms with Crippen molar-refractivity contribution in [2.45, 2.75) is 32.2 Å². The van der Waals surface area contributed by atoms with Crippen molar-refractivity contribution in [1.29, 1.82) is 0 Å². The van der Waals surface area contributed by atoms with Crippen molar-refractivity contribution in [3.8, 4) is 0 Å². The van der Waals surface area contributed by atoms with E-state index in [1.165, 1.54) is 13.0 Å². The number of aromatic nitrogens is 2. The Bertz CT molecular complexity index is 784. The zero-order valence-corrected chi connectivity index (χ0v) is 13.8. The van der Waals surface area contributed by atoms with Gasteiger partial charge in [-0.3, -0.25) is 19.6 Å². The van der Waals surface area contributed by atoms with Crippen molar-refractivity contribution >= 4 is 17.2 Å². The Balaban J connectivity index is 2.06. The first kappa shape index (κ1) is 16.2. The summed E-state index contributed by atoms with van der Waals surface area (Å²) in [5.41, 5.74) is 1.95. The van der Waals surface area contributed by atoms with Crippen LogP contribution in [0.15, 0.2) is 30.5 Å². The lowest BCUT2D eigenvalue weighted by atomic mass is 9.97. The Morgan fingerprint density at radius 2 is 2.12 bits per heavy atom. The molecule has 1 aromatic carbocycles. The largest absolute Gasteiger partial charge is 0.357 e. The number of nitro groups is 1. The molecule has 7 nitrogen and oxygen atoms in total. The smallest absolute Gasteiger partial charge is 0.293 e. The van der Waals surface area contributed by atoms with Crippen LogP contribution in [0.4, 0.5) is 11.4 Å². The van der Waals surface area contributed by atoms with E-state index in [4.69, 9.17) is 0 Å². The number of carbonyl (C=O) groups excluding carboxylic acids is 1. The number of hydrogen-bond donors (Lipinski definition) is 0. The third kappa shape index (κ3) is 2.89. The van der Waals surface area contributed by atoms with Crippen molar-refractivity contribution in [2.75, 3.05) is 11.4 Å². The number of benzene rings is 1. The standard InChI is InChI=1S/C17H20N4O3/c1-12(22)13-6-7-16(17(11-13)21(23)24)20-10-4-3-5-15(20)14-8-9-18-19(14)2/h6-9,11,15H,3-5,10H2,1-2H3/t15-/m1/s1. The molecule has 24 heavy (non-hydrogen) atoms. The lowest BCUT2D eigenvalue weighted by Gasteiger charge is -2.37. The molecule has 1 fully saturated rings. The highest BCUT2D eigenvalue weighted by Gasteiger charge is 2.31. The van der Waals surface area contributed by atoms with Crippen molar-refractivity contribution < 1.29 is 9.72 Å². The third-order valence-corrected chi connectivity index (χ3v) is 4.59. The van der Waals surface area contributed by atoms with Gasteiger partial charge < -0.3 is 4.90 Å². The van der Waals surface area contributed by atoms with E-state index >= 15 is 0 Å². The molecule has 3 rings (SSSR count). The van der Waals surface area contributed by atoms with Gasteiger partial charge in [-0.05, 0) is 44.4 Å². The molecule has 1 saturated heterocycles. The molecule has 0 N–H and O–H groups in total. The van der Waals surface area contributed by atoms with Gasteiger partial charge >= 0.3 is 0 Å². The first-order chi connectivity index (χ1) is 11.5. The van der Waals surface area contributed by atoms with E-state index < -0.39 is 4.92 Å². The SMILES string of the molecule is CC(=O)c1ccc(N2CCCC[C@@H]2c2ccnn2C)c([N+](=O)[O-])c1. The first-order valence-corrected chi connectivity index (χ1v) is 8.03. The number of Topliss-reactive ketones (excluding diaryl/α,β-unsaturated/α-hetero) is 1. The predicted octanol–water partition coefficient (Wildman–Crippen LogP) is 3.26. The van der Waals surface area contributed by atoms with Gasteiger partial charge in [0, 0.05) is 31.4 Å². The summed E-state index contributed by atoms with van der Waals surface area (Å²) in [7, 11) is 1.88. The molecule has 126 valence electrons. The fourth-order valence-electron chi connectivity index (χ4n) is 3.37. The fraction of sp³-hybridized carbons (Fsp3) is 0.412. The fourth-order valence-corrected chi connectivity index (χ4v) is 3.37. The molecule has 0 aliphatic carbocycles. The van der Waals surface area contributed by atoms with Gasteiger partial charge in [-0.15, -0.1) is 0 Å². The number of piperidine rings is 1. The molecule has 1 aliphatic heterocycles. The third-order valence-electron chi connectivity index (χ3n) is 4.59. The van der Waals surface area contributed by atoms with Crippen molar-refractivity contribution in [3.63, 3.8) is 0 Å². The molecule has 0 spiro atoms. The number of rotatable bonds is 4. The number of ketones is 1. The van der Waals surface area contributed by atoms with Gasteiger partial charge in [-0.25, -0.2) is 0 Å². The number of nitrogens with zero attached hydrogens (tertiary/aromatic N) is 4. The molecule has 7 heteroatoms. The highest BCUT2D eigenvalue weighted by atomic mass is 16.6.